The molecule has 134 valence electrons. The minimum absolute atomic E-state index is 0.0800. The van der Waals surface area contributed by atoms with Crippen LogP contribution in [0.25, 0.3) is 0 Å². The summed E-state index contributed by atoms with van der Waals surface area (Å²) in [5, 5.41) is 4.29. The SMILES string of the molecule is C[C@@H](OC(=O)c1ccccc1C(=O)c1cccs1)C(=O)N1CCNC1=O. The molecule has 1 aliphatic heterocycles. The molecular weight excluding hydrogens is 356 g/mol. The van der Waals surface area contributed by atoms with E-state index in [-0.39, 0.29) is 23.5 Å². The highest BCUT2D eigenvalue weighted by Crippen LogP contribution is 2.19. The van der Waals surface area contributed by atoms with Crippen LogP contribution in [-0.2, 0) is 9.53 Å². The molecule has 1 fully saturated rings. The highest BCUT2D eigenvalue weighted by Gasteiger charge is 2.32. The lowest BCUT2D eigenvalue weighted by atomic mass is 10.0. The van der Waals surface area contributed by atoms with Gasteiger partial charge in [-0.3, -0.25) is 14.5 Å². The number of ketones is 1. The monoisotopic (exact) mass is 372 g/mol. The second kappa shape index (κ2) is 7.49. The first-order valence-corrected chi connectivity index (χ1v) is 8.84. The van der Waals surface area contributed by atoms with Gasteiger partial charge in [-0.15, -0.1) is 11.3 Å². The molecule has 26 heavy (non-hydrogen) atoms. The van der Waals surface area contributed by atoms with Crippen LogP contribution >= 0.6 is 11.3 Å². The van der Waals surface area contributed by atoms with Crippen molar-refractivity contribution >= 4 is 35.0 Å². The number of thiophene rings is 1. The summed E-state index contributed by atoms with van der Waals surface area (Å²) in [5.41, 5.74) is 0.287. The van der Waals surface area contributed by atoms with E-state index in [9.17, 15) is 19.2 Å². The van der Waals surface area contributed by atoms with Crippen LogP contribution in [0.1, 0.15) is 32.5 Å². The lowest BCUT2D eigenvalue weighted by Crippen LogP contribution is -2.41. The maximum absolute atomic E-state index is 12.6. The highest BCUT2D eigenvalue weighted by atomic mass is 32.1. The lowest BCUT2D eigenvalue weighted by Gasteiger charge is -2.18. The fourth-order valence-corrected chi connectivity index (χ4v) is 3.25. The summed E-state index contributed by atoms with van der Waals surface area (Å²) >= 11 is 1.28. The molecular formula is C18H16N2O5S. The van der Waals surface area contributed by atoms with E-state index in [0.29, 0.717) is 11.4 Å². The molecule has 0 saturated carbocycles. The number of hydrogen-bond donors (Lipinski definition) is 1. The molecule has 2 aromatic rings. The summed E-state index contributed by atoms with van der Waals surface area (Å²) < 4.78 is 5.21. The van der Waals surface area contributed by atoms with E-state index in [2.05, 4.69) is 5.32 Å². The van der Waals surface area contributed by atoms with Gasteiger partial charge in [0.1, 0.15) is 0 Å². The molecule has 3 amide bonds. The van der Waals surface area contributed by atoms with Crippen LogP contribution in [0.5, 0.6) is 0 Å². The van der Waals surface area contributed by atoms with E-state index >= 15 is 0 Å². The average Bonchev–Trinajstić information content (AvgIpc) is 3.32. The Morgan fingerprint density at radius 2 is 1.88 bits per heavy atom. The largest absolute Gasteiger partial charge is 0.449 e. The van der Waals surface area contributed by atoms with Gasteiger partial charge in [0.25, 0.3) is 5.91 Å². The second-order valence-corrected chi connectivity index (χ2v) is 6.57. The Kier molecular flexibility index (Phi) is 5.13. The number of nitrogens with zero attached hydrogens (tertiary/aromatic N) is 1. The standard InChI is InChI=1S/C18H16N2O5S/c1-11(16(22)20-9-8-19-18(20)24)25-17(23)13-6-3-2-5-12(13)15(21)14-7-4-10-26-14/h2-7,10-11H,8-9H2,1H3,(H,19,24)/t11-/m1/s1. The summed E-state index contributed by atoms with van der Waals surface area (Å²) in [5.74, 6) is -1.67. The van der Waals surface area contributed by atoms with Gasteiger partial charge in [0.2, 0.25) is 5.78 Å². The number of benzene rings is 1. The van der Waals surface area contributed by atoms with Crippen LogP contribution < -0.4 is 5.32 Å². The molecule has 1 aromatic heterocycles. The first-order chi connectivity index (χ1) is 12.5. The summed E-state index contributed by atoms with van der Waals surface area (Å²) in [6.45, 7) is 1.99. The molecule has 0 spiro atoms. The zero-order valence-corrected chi connectivity index (χ0v) is 14.7. The number of nitrogens with one attached hydrogen (secondary N) is 1. The molecule has 8 heteroatoms. The molecule has 0 radical (unpaired) electrons. The summed E-state index contributed by atoms with van der Waals surface area (Å²) in [7, 11) is 0. The molecule has 3 rings (SSSR count). The molecule has 7 nitrogen and oxygen atoms in total. The van der Waals surface area contributed by atoms with Gasteiger partial charge in [-0.05, 0) is 24.4 Å². The molecule has 1 atom stereocenters. The van der Waals surface area contributed by atoms with Gasteiger partial charge in [-0.2, -0.15) is 0 Å². The Morgan fingerprint density at radius 1 is 1.15 bits per heavy atom. The third-order valence-corrected chi connectivity index (χ3v) is 4.76. The third-order valence-electron chi connectivity index (χ3n) is 3.89. The quantitative estimate of drug-likeness (QED) is 0.641. The smallest absolute Gasteiger partial charge is 0.339 e. The predicted octanol–water partition coefficient (Wildman–Crippen LogP) is 2.08. The van der Waals surface area contributed by atoms with Crippen molar-refractivity contribution < 1.29 is 23.9 Å². The Bertz CT molecular complexity index is 862. The summed E-state index contributed by atoms with van der Waals surface area (Å²) in [6.07, 6.45) is -1.14. The molecule has 2 heterocycles. The predicted molar refractivity (Wildman–Crippen MR) is 94.2 cm³/mol. The van der Waals surface area contributed by atoms with E-state index in [1.807, 2.05) is 0 Å². The molecule has 1 saturated heterocycles. The molecule has 0 unspecified atom stereocenters. The van der Waals surface area contributed by atoms with Gasteiger partial charge in [0.05, 0.1) is 10.4 Å². The fraction of sp³-hybridized carbons (Fsp3) is 0.222. The molecule has 1 aliphatic rings. The maximum Gasteiger partial charge on any atom is 0.339 e. The topological polar surface area (TPSA) is 92.8 Å². The number of amides is 3. The van der Waals surface area contributed by atoms with Crippen LogP contribution in [0.15, 0.2) is 41.8 Å². The molecule has 1 aromatic carbocycles. The van der Waals surface area contributed by atoms with Crippen LogP contribution in [0.2, 0.25) is 0 Å². The van der Waals surface area contributed by atoms with Crippen LogP contribution in [0.3, 0.4) is 0 Å². The van der Waals surface area contributed by atoms with Crippen molar-refractivity contribution in [3.8, 4) is 0 Å². The van der Waals surface area contributed by atoms with Gasteiger partial charge in [0, 0.05) is 18.7 Å². The van der Waals surface area contributed by atoms with Crippen molar-refractivity contribution in [1.82, 2.24) is 10.2 Å². The lowest BCUT2D eigenvalue weighted by molar-refractivity contribution is -0.136. The van der Waals surface area contributed by atoms with Gasteiger partial charge < -0.3 is 10.1 Å². The van der Waals surface area contributed by atoms with Gasteiger partial charge in [0.15, 0.2) is 6.10 Å². The number of carbonyl (C=O) groups is 4. The Morgan fingerprint density at radius 3 is 2.50 bits per heavy atom. The minimum Gasteiger partial charge on any atom is -0.449 e. The van der Waals surface area contributed by atoms with E-state index in [4.69, 9.17) is 4.74 Å². The molecule has 0 bridgehead atoms. The first kappa shape index (κ1) is 17.8. The number of rotatable bonds is 5. The Balaban J connectivity index is 1.77. The zero-order valence-electron chi connectivity index (χ0n) is 13.9. The second-order valence-electron chi connectivity index (χ2n) is 5.62. The van der Waals surface area contributed by atoms with Crippen molar-refractivity contribution in [2.24, 2.45) is 0 Å². The number of esters is 1. The third kappa shape index (κ3) is 3.50. The van der Waals surface area contributed by atoms with Crippen molar-refractivity contribution in [2.75, 3.05) is 13.1 Å². The van der Waals surface area contributed by atoms with E-state index in [0.717, 1.165) is 4.90 Å². The van der Waals surface area contributed by atoms with Crippen molar-refractivity contribution in [1.29, 1.82) is 0 Å². The van der Waals surface area contributed by atoms with E-state index < -0.39 is 24.0 Å². The van der Waals surface area contributed by atoms with Crippen molar-refractivity contribution in [2.45, 2.75) is 13.0 Å². The summed E-state index contributed by atoms with van der Waals surface area (Å²) in [6, 6.07) is 9.20. The Labute approximate surface area is 153 Å². The highest BCUT2D eigenvalue weighted by molar-refractivity contribution is 7.12. The number of ether oxygens (including phenoxy) is 1. The van der Waals surface area contributed by atoms with E-state index in [1.54, 1.807) is 35.7 Å². The Hall–Kier alpha value is -3.00. The average molecular weight is 372 g/mol. The van der Waals surface area contributed by atoms with Gasteiger partial charge in [-0.25, -0.2) is 9.59 Å². The summed E-state index contributed by atoms with van der Waals surface area (Å²) in [4.78, 5) is 50.4. The number of hydrogen-bond acceptors (Lipinski definition) is 6. The number of imide groups is 1. The number of urea groups is 1. The van der Waals surface area contributed by atoms with Gasteiger partial charge >= 0.3 is 12.0 Å². The van der Waals surface area contributed by atoms with Crippen molar-refractivity contribution in [3.63, 3.8) is 0 Å². The molecule has 0 aliphatic carbocycles. The van der Waals surface area contributed by atoms with Gasteiger partial charge in [-0.1, -0.05) is 24.3 Å². The number of carbonyl (C=O) groups excluding carboxylic acids is 4. The zero-order chi connectivity index (χ0) is 18.7. The van der Waals surface area contributed by atoms with E-state index in [1.165, 1.54) is 24.3 Å². The first-order valence-electron chi connectivity index (χ1n) is 7.96. The van der Waals surface area contributed by atoms with Crippen LogP contribution in [0.4, 0.5) is 4.79 Å². The van der Waals surface area contributed by atoms with Crippen molar-refractivity contribution in [3.05, 3.63) is 57.8 Å². The maximum atomic E-state index is 12.6. The van der Waals surface area contributed by atoms with Crippen LogP contribution in [-0.4, -0.2) is 47.8 Å². The van der Waals surface area contributed by atoms with Crippen LogP contribution in [0, 0.1) is 0 Å². The normalized spacial score (nSPS) is 14.7. The minimum atomic E-state index is -1.14. The molecule has 1 N–H and O–H groups in total. The fourth-order valence-electron chi connectivity index (χ4n) is 2.58.